The highest BCUT2D eigenvalue weighted by molar-refractivity contribution is 6.07. The van der Waals surface area contributed by atoms with Crippen molar-refractivity contribution in [3.8, 4) is 0 Å². The van der Waals surface area contributed by atoms with Crippen LogP contribution in [0.5, 0.6) is 0 Å². The number of amides is 3. The average Bonchev–Trinajstić information content (AvgIpc) is 2.76. The van der Waals surface area contributed by atoms with E-state index < -0.39 is 5.54 Å². The van der Waals surface area contributed by atoms with Crippen LogP contribution in [0, 0.1) is 5.92 Å². The summed E-state index contributed by atoms with van der Waals surface area (Å²) in [4.78, 5) is 28.6. The van der Waals surface area contributed by atoms with Crippen LogP contribution < -0.4 is 5.32 Å². The summed E-state index contributed by atoms with van der Waals surface area (Å²) in [6, 6.07) is 9.82. The van der Waals surface area contributed by atoms with Crippen LogP contribution in [0.2, 0.25) is 0 Å². The summed E-state index contributed by atoms with van der Waals surface area (Å²) in [5.41, 5.74) is 0.505. The molecule has 1 saturated carbocycles. The van der Waals surface area contributed by atoms with Crippen LogP contribution in [0.25, 0.3) is 0 Å². The van der Waals surface area contributed by atoms with Crippen molar-refractivity contribution >= 4 is 11.9 Å². The average molecular weight is 315 g/mol. The molecule has 1 aliphatic carbocycles. The fourth-order valence-electron chi connectivity index (χ4n) is 3.81. The molecule has 2 fully saturated rings. The van der Waals surface area contributed by atoms with Crippen LogP contribution in [0.1, 0.15) is 38.2 Å². The van der Waals surface area contributed by atoms with Crippen molar-refractivity contribution in [1.82, 2.24) is 15.1 Å². The molecule has 5 heteroatoms. The van der Waals surface area contributed by atoms with Crippen LogP contribution in [0.3, 0.4) is 0 Å². The third kappa shape index (κ3) is 2.98. The van der Waals surface area contributed by atoms with Gasteiger partial charge >= 0.3 is 6.03 Å². The Hall–Kier alpha value is -1.88. The minimum Gasteiger partial charge on any atom is -0.323 e. The minimum atomic E-state index is -0.664. The highest BCUT2D eigenvalue weighted by atomic mass is 16.2. The Morgan fingerprint density at radius 1 is 1.26 bits per heavy atom. The molecule has 1 heterocycles. The number of rotatable bonds is 4. The molecule has 3 amide bonds. The molecule has 0 radical (unpaired) electrons. The molecule has 1 saturated heterocycles. The first-order valence-electron chi connectivity index (χ1n) is 8.39. The fraction of sp³-hybridized carbons (Fsp3) is 0.556. The number of hydrogen-bond acceptors (Lipinski definition) is 3. The summed E-state index contributed by atoms with van der Waals surface area (Å²) in [6.07, 6.45) is 3.90. The quantitative estimate of drug-likeness (QED) is 0.869. The van der Waals surface area contributed by atoms with E-state index in [0.29, 0.717) is 13.2 Å². The van der Waals surface area contributed by atoms with Gasteiger partial charge in [-0.1, -0.05) is 50.1 Å². The van der Waals surface area contributed by atoms with Gasteiger partial charge in [0.25, 0.3) is 5.91 Å². The van der Waals surface area contributed by atoms with Gasteiger partial charge in [-0.05, 0) is 31.4 Å². The predicted octanol–water partition coefficient (Wildman–Crippen LogP) is 2.58. The zero-order chi connectivity index (χ0) is 16.4. The molecular weight excluding hydrogens is 290 g/mol. The number of benzene rings is 1. The fourth-order valence-corrected chi connectivity index (χ4v) is 3.81. The molecule has 0 unspecified atom stereocenters. The van der Waals surface area contributed by atoms with Crippen molar-refractivity contribution in [1.29, 1.82) is 0 Å². The molecule has 23 heavy (non-hydrogen) atoms. The van der Waals surface area contributed by atoms with Gasteiger partial charge in [0.05, 0.1) is 6.67 Å². The van der Waals surface area contributed by atoms with Crippen LogP contribution in [0.15, 0.2) is 30.3 Å². The summed E-state index contributed by atoms with van der Waals surface area (Å²) in [5.74, 6) is 0.159. The normalized spacial score (nSPS) is 27.8. The zero-order valence-electron chi connectivity index (χ0n) is 13.9. The van der Waals surface area contributed by atoms with Crippen LogP contribution in [-0.4, -0.2) is 41.0 Å². The minimum absolute atomic E-state index is 0.0467. The van der Waals surface area contributed by atoms with Crippen molar-refractivity contribution in [2.75, 3.05) is 13.7 Å². The molecule has 124 valence electrons. The van der Waals surface area contributed by atoms with Gasteiger partial charge in [0.2, 0.25) is 0 Å². The van der Waals surface area contributed by atoms with Crippen molar-refractivity contribution in [3.63, 3.8) is 0 Å². The van der Waals surface area contributed by atoms with Gasteiger partial charge in [-0.2, -0.15) is 0 Å². The molecule has 1 spiro atoms. The lowest BCUT2D eigenvalue weighted by Crippen LogP contribution is -2.54. The van der Waals surface area contributed by atoms with Crippen molar-refractivity contribution in [2.45, 2.75) is 44.7 Å². The highest BCUT2D eigenvalue weighted by Crippen LogP contribution is 2.38. The highest BCUT2D eigenvalue weighted by Gasteiger charge is 2.54. The van der Waals surface area contributed by atoms with Crippen molar-refractivity contribution in [3.05, 3.63) is 35.9 Å². The largest absolute Gasteiger partial charge is 0.326 e. The molecule has 1 aromatic rings. The van der Waals surface area contributed by atoms with Gasteiger partial charge in [-0.15, -0.1) is 0 Å². The first-order valence-corrected chi connectivity index (χ1v) is 8.39. The van der Waals surface area contributed by atoms with Crippen molar-refractivity contribution in [2.24, 2.45) is 5.92 Å². The molecular formula is C18H25N3O2. The molecule has 2 aliphatic rings. The second-order valence-electron chi connectivity index (χ2n) is 6.92. The van der Waals surface area contributed by atoms with Gasteiger partial charge in [0, 0.05) is 6.54 Å². The maximum Gasteiger partial charge on any atom is 0.326 e. The Morgan fingerprint density at radius 3 is 2.70 bits per heavy atom. The first kappa shape index (κ1) is 16.0. The van der Waals surface area contributed by atoms with E-state index in [-0.39, 0.29) is 17.9 Å². The number of carbonyl (C=O) groups excluding carboxylic acids is 2. The van der Waals surface area contributed by atoms with Gasteiger partial charge in [-0.25, -0.2) is 9.69 Å². The Morgan fingerprint density at radius 2 is 2.00 bits per heavy atom. The van der Waals surface area contributed by atoms with Crippen LogP contribution >= 0.6 is 0 Å². The Labute approximate surface area is 137 Å². The molecule has 2 atom stereocenters. The summed E-state index contributed by atoms with van der Waals surface area (Å²) >= 11 is 0. The van der Waals surface area contributed by atoms with E-state index in [0.717, 1.165) is 25.7 Å². The van der Waals surface area contributed by atoms with E-state index >= 15 is 0 Å². The van der Waals surface area contributed by atoms with Gasteiger partial charge in [0.15, 0.2) is 0 Å². The second kappa shape index (κ2) is 6.32. The molecule has 0 bridgehead atoms. The summed E-state index contributed by atoms with van der Waals surface area (Å²) in [7, 11) is 1.93. The number of nitrogens with zero attached hydrogens (tertiary/aromatic N) is 2. The lowest BCUT2D eigenvalue weighted by molar-refractivity contribution is -0.135. The van der Waals surface area contributed by atoms with Crippen LogP contribution in [0.4, 0.5) is 4.79 Å². The molecule has 1 N–H and O–H groups in total. The number of hydrogen-bond donors (Lipinski definition) is 1. The monoisotopic (exact) mass is 315 g/mol. The maximum absolute atomic E-state index is 12.9. The topological polar surface area (TPSA) is 52.7 Å². The standard InChI is InChI=1S/C18H25N3O2/c1-14-8-6-7-11-18(14)16(22)21(17(23)19-18)13-20(2)12-15-9-4-3-5-10-15/h3-5,9-10,14H,6-8,11-13H2,1-2H3,(H,19,23)/t14-,18+/m0/s1. The Bertz CT molecular complexity index is 589. The number of imide groups is 1. The van der Waals surface area contributed by atoms with Gasteiger partial charge in [-0.3, -0.25) is 9.69 Å². The second-order valence-corrected chi connectivity index (χ2v) is 6.92. The number of carbonyl (C=O) groups is 2. The molecule has 1 aliphatic heterocycles. The number of nitrogens with one attached hydrogen (secondary N) is 1. The van der Waals surface area contributed by atoms with E-state index in [4.69, 9.17) is 0 Å². The third-order valence-electron chi connectivity index (χ3n) is 5.18. The predicted molar refractivity (Wildman–Crippen MR) is 88.5 cm³/mol. The van der Waals surface area contributed by atoms with E-state index in [2.05, 4.69) is 12.2 Å². The van der Waals surface area contributed by atoms with Gasteiger partial charge in [0.1, 0.15) is 5.54 Å². The molecule has 3 rings (SSSR count). The zero-order valence-corrected chi connectivity index (χ0v) is 13.9. The Balaban J connectivity index is 1.68. The van der Waals surface area contributed by atoms with E-state index in [1.165, 1.54) is 10.5 Å². The maximum atomic E-state index is 12.9. The van der Waals surface area contributed by atoms with E-state index in [1.807, 2.05) is 42.3 Å². The van der Waals surface area contributed by atoms with Gasteiger partial charge < -0.3 is 5.32 Å². The molecule has 1 aromatic carbocycles. The number of urea groups is 1. The van der Waals surface area contributed by atoms with Crippen LogP contribution in [-0.2, 0) is 11.3 Å². The summed E-state index contributed by atoms with van der Waals surface area (Å²) in [6.45, 7) is 3.11. The molecule has 5 nitrogen and oxygen atoms in total. The molecule has 0 aromatic heterocycles. The lowest BCUT2D eigenvalue weighted by Gasteiger charge is -2.37. The smallest absolute Gasteiger partial charge is 0.323 e. The first-order chi connectivity index (χ1) is 11.0. The SMILES string of the molecule is C[C@H]1CCCC[C@@]12NC(=O)N(CN(C)Cc1ccccc1)C2=O. The summed E-state index contributed by atoms with van der Waals surface area (Å²) in [5, 5.41) is 3.00. The van der Waals surface area contributed by atoms with E-state index in [1.54, 1.807) is 0 Å². The lowest BCUT2D eigenvalue weighted by atomic mass is 9.73. The summed E-state index contributed by atoms with van der Waals surface area (Å²) < 4.78 is 0. The van der Waals surface area contributed by atoms with E-state index in [9.17, 15) is 9.59 Å². The Kier molecular flexibility index (Phi) is 4.39. The van der Waals surface area contributed by atoms with Crippen molar-refractivity contribution < 1.29 is 9.59 Å². The third-order valence-corrected chi connectivity index (χ3v) is 5.18.